The molecule has 2 heterocycles. The van der Waals surface area contributed by atoms with Crippen LogP contribution in [0.5, 0.6) is 0 Å². The standard InChI is InChI=1S/C16H17N5O2/c17-10-12-5-7-13(8-6-12)18-15(22)11-21-16(23)20-9-3-1-2-4-14(20)19-21/h5-8H,1-4,9,11H2,(H,18,22). The van der Waals surface area contributed by atoms with Gasteiger partial charge in [0.25, 0.3) is 0 Å². The number of anilines is 1. The van der Waals surface area contributed by atoms with Gasteiger partial charge in [-0.25, -0.2) is 9.48 Å². The molecule has 0 saturated heterocycles. The number of nitrogens with one attached hydrogen (secondary N) is 1. The minimum absolute atomic E-state index is 0.112. The van der Waals surface area contributed by atoms with Gasteiger partial charge in [0.1, 0.15) is 12.4 Å². The number of rotatable bonds is 3. The summed E-state index contributed by atoms with van der Waals surface area (Å²) in [5, 5.41) is 15.7. The lowest BCUT2D eigenvalue weighted by atomic mass is 10.2. The topological polar surface area (TPSA) is 92.7 Å². The van der Waals surface area contributed by atoms with Crippen LogP contribution in [0.1, 0.15) is 30.7 Å². The molecule has 0 bridgehead atoms. The highest BCUT2D eigenvalue weighted by atomic mass is 16.2. The summed E-state index contributed by atoms with van der Waals surface area (Å²) in [6.45, 7) is 0.560. The van der Waals surface area contributed by atoms with E-state index in [0.29, 0.717) is 17.8 Å². The van der Waals surface area contributed by atoms with Crippen molar-refractivity contribution < 1.29 is 4.79 Å². The number of hydrogen-bond donors (Lipinski definition) is 1. The highest BCUT2D eigenvalue weighted by Crippen LogP contribution is 2.11. The summed E-state index contributed by atoms with van der Waals surface area (Å²) >= 11 is 0. The van der Waals surface area contributed by atoms with Gasteiger partial charge in [-0.1, -0.05) is 6.42 Å². The smallest absolute Gasteiger partial charge is 0.324 e. The lowest BCUT2D eigenvalue weighted by Gasteiger charge is -2.04. The van der Waals surface area contributed by atoms with Gasteiger partial charge in [0.05, 0.1) is 11.6 Å². The Morgan fingerprint density at radius 3 is 2.78 bits per heavy atom. The Balaban J connectivity index is 1.70. The van der Waals surface area contributed by atoms with Gasteiger partial charge in [-0.3, -0.25) is 9.36 Å². The van der Waals surface area contributed by atoms with Crippen molar-refractivity contribution in [2.24, 2.45) is 0 Å². The maximum absolute atomic E-state index is 12.3. The van der Waals surface area contributed by atoms with E-state index in [9.17, 15) is 9.59 Å². The third kappa shape index (κ3) is 3.31. The molecule has 3 rings (SSSR count). The van der Waals surface area contributed by atoms with Gasteiger partial charge < -0.3 is 5.32 Å². The fourth-order valence-corrected chi connectivity index (χ4v) is 2.69. The van der Waals surface area contributed by atoms with Crippen LogP contribution in [0.3, 0.4) is 0 Å². The van der Waals surface area contributed by atoms with E-state index in [-0.39, 0.29) is 18.1 Å². The van der Waals surface area contributed by atoms with Crippen molar-refractivity contribution in [3.63, 3.8) is 0 Å². The number of benzene rings is 1. The van der Waals surface area contributed by atoms with Crippen molar-refractivity contribution >= 4 is 11.6 Å². The quantitative estimate of drug-likeness (QED) is 0.924. The number of hydrogen-bond acceptors (Lipinski definition) is 4. The lowest BCUT2D eigenvalue weighted by Crippen LogP contribution is -2.30. The first-order valence-electron chi connectivity index (χ1n) is 7.64. The van der Waals surface area contributed by atoms with Crippen molar-refractivity contribution in [1.82, 2.24) is 14.3 Å². The van der Waals surface area contributed by atoms with Crippen molar-refractivity contribution in [3.05, 3.63) is 46.1 Å². The first kappa shape index (κ1) is 15.0. The Labute approximate surface area is 133 Å². The van der Waals surface area contributed by atoms with Crippen molar-refractivity contribution in [1.29, 1.82) is 5.26 Å². The normalized spacial score (nSPS) is 13.7. The predicted octanol–water partition coefficient (Wildman–Crippen LogP) is 1.28. The van der Waals surface area contributed by atoms with Crippen LogP contribution in [-0.2, 0) is 24.3 Å². The highest BCUT2D eigenvalue weighted by Gasteiger charge is 2.17. The zero-order valence-electron chi connectivity index (χ0n) is 12.7. The average molecular weight is 311 g/mol. The Morgan fingerprint density at radius 2 is 2.04 bits per heavy atom. The van der Waals surface area contributed by atoms with Crippen LogP contribution in [-0.4, -0.2) is 20.3 Å². The molecule has 0 radical (unpaired) electrons. The molecule has 0 aliphatic carbocycles. The van der Waals surface area contributed by atoms with E-state index in [1.807, 2.05) is 6.07 Å². The molecular formula is C16H17N5O2. The molecule has 7 heteroatoms. The number of aryl methyl sites for hydroxylation is 1. The Bertz CT molecular complexity index is 810. The van der Waals surface area contributed by atoms with Crippen molar-refractivity contribution in [2.75, 3.05) is 5.32 Å². The Hall–Kier alpha value is -2.88. The molecule has 0 atom stereocenters. The molecule has 0 unspecified atom stereocenters. The van der Waals surface area contributed by atoms with Crippen LogP contribution in [0.2, 0.25) is 0 Å². The summed E-state index contributed by atoms with van der Waals surface area (Å²) in [5.41, 5.74) is 0.886. The SMILES string of the molecule is N#Cc1ccc(NC(=O)Cn2nc3n(c2=O)CCCCC3)cc1. The highest BCUT2D eigenvalue weighted by molar-refractivity contribution is 5.90. The van der Waals surface area contributed by atoms with E-state index < -0.39 is 0 Å². The van der Waals surface area contributed by atoms with E-state index in [4.69, 9.17) is 5.26 Å². The van der Waals surface area contributed by atoms with E-state index in [1.165, 1.54) is 4.68 Å². The fraction of sp³-hybridized carbons (Fsp3) is 0.375. The summed E-state index contributed by atoms with van der Waals surface area (Å²) in [5.74, 6) is 0.448. The van der Waals surface area contributed by atoms with Crippen LogP contribution in [0, 0.1) is 11.3 Å². The number of amides is 1. The summed E-state index contributed by atoms with van der Waals surface area (Å²) < 4.78 is 2.89. The van der Waals surface area contributed by atoms with E-state index >= 15 is 0 Å². The first-order chi connectivity index (χ1) is 11.2. The van der Waals surface area contributed by atoms with Crippen LogP contribution in [0.25, 0.3) is 0 Å². The molecule has 1 aromatic carbocycles. The number of fused-ring (bicyclic) bond motifs is 1. The molecule has 7 nitrogen and oxygen atoms in total. The maximum Gasteiger partial charge on any atom is 0.346 e. The van der Waals surface area contributed by atoms with Crippen LogP contribution >= 0.6 is 0 Å². The van der Waals surface area contributed by atoms with Gasteiger partial charge in [-0.05, 0) is 37.1 Å². The molecule has 23 heavy (non-hydrogen) atoms. The third-order valence-electron chi connectivity index (χ3n) is 3.87. The molecule has 0 saturated carbocycles. The number of nitrogens with zero attached hydrogens (tertiary/aromatic N) is 4. The summed E-state index contributed by atoms with van der Waals surface area (Å²) in [6, 6.07) is 8.58. The zero-order valence-corrected chi connectivity index (χ0v) is 12.7. The Morgan fingerprint density at radius 1 is 1.26 bits per heavy atom. The van der Waals surface area contributed by atoms with Crippen molar-refractivity contribution in [3.8, 4) is 6.07 Å². The number of aromatic nitrogens is 3. The maximum atomic E-state index is 12.3. The fourth-order valence-electron chi connectivity index (χ4n) is 2.69. The molecule has 0 spiro atoms. The molecule has 1 aromatic heterocycles. The van der Waals surface area contributed by atoms with Gasteiger partial charge in [0, 0.05) is 18.7 Å². The number of carbonyl (C=O) groups excluding carboxylic acids is 1. The van der Waals surface area contributed by atoms with Crippen molar-refractivity contribution in [2.45, 2.75) is 38.8 Å². The monoisotopic (exact) mass is 311 g/mol. The minimum atomic E-state index is -0.315. The average Bonchev–Trinajstić information content (AvgIpc) is 2.73. The van der Waals surface area contributed by atoms with E-state index in [2.05, 4.69) is 10.4 Å². The summed E-state index contributed by atoms with van der Waals surface area (Å²) in [4.78, 5) is 24.4. The zero-order chi connectivity index (χ0) is 16.2. The van der Waals surface area contributed by atoms with Crippen LogP contribution in [0.15, 0.2) is 29.1 Å². The Kier molecular flexibility index (Phi) is 4.24. The first-order valence-corrected chi connectivity index (χ1v) is 7.64. The summed E-state index contributed by atoms with van der Waals surface area (Å²) in [6.07, 6.45) is 3.87. The second-order valence-electron chi connectivity index (χ2n) is 5.56. The van der Waals surface area contributed by atoms with E-state index in [1.54, 1.807) is 28.8 Å². The molecule has 1 N–H and O–H groups in total. The van der Waals surface area contributed by atoms with Gasteiger partial charge >= 0.3 is 5.69 Å². The van der Waals surface area contributed by atoms with Gasteiger partial charge in [0.15, 0.2) is 0 Å². The molecular weight excluding hydrogens is 294 g/mol. The molecule has 0 fully saturated rings. The third-order valence-corrected chi connectivity index (χ3v) is 3.87. The number of carbonyl (C=O) groups is 1. The molecule has 1 aliphatic heterocycles. The number of nitriles is 1. The predicted molar refractivity (Wildman–Crippen MR) is 83.8 cm³/mol. The molecule has 2 aromatic rings. The lowest BCUT2D eigenvalue weighted by molar-refractivity contribution is -0.117. The van der Waals surface area contributed by atoms with Gasteiger partial charge in [-0.15, -0.1) is 0 Å². The molecule has 118 valence electrons. The van der Waals surface area contributed by atoms with Gasteiger partial charge in [0.2, 0.25) is 5.91 Å². The molecule has 1 aliphatic rings. The summed E-state index contributed by atoms with van der Waals surface area (Å²) in [7, 11) is 0. The van der Waals surface area contributed by atoms with Crippen LogP contribution < -0.4 is 11.0 Å². The minimum Gasteiger partial charge on any atom is -0.324 e. The second kappa shape index (κ2) is 6.48. The van der Waals surface area contributed by atoms with Gasteiger partial charge in [-0.2, -0.15) is 10.4 Å². The van der Waals surface area contributed by atoms with Crippen LogP contribution in [0.4, 0.5) is 5.69 Å². The molecule has 1 amide bonds. The van der Waals surface area contributed by atoms with E-state index in [0.717, 1.165) is 31.5 Å². The second-order valence-corrected chi connectivity index (χ2v) is 5.56. The largest absolute Gasteiger partial charge is 0.346 e.